The topological polar surface area (TPSA) is 108 Å². The fraction of sp³-hybridized carbons (Fsp3) is 0.679. The summed E-state index contributed by atoms with van der Waals surface area (Å²) in [6.07, 6.45) is 2.08. The Bertz CT molecular complexity index is 878. The van der Waals surface area contributed by atoms with Gasteiger partial charge in [-0.1, -0.05) is 40.2 Å². The van der Waals surface area contributed by atoms with Crippen LogP contribution < -0.4 is 10.6 Å². The number of alkyl carbamates (subject to hydrolysis) is 1. The van der Waals surface area contributed by atoms with E-state index in [0.29, 0.717) is 30.5 Å². The molecule has 0 heterocycles. The van der Waals surface area contributed by atoms with Gasteiger partial charge in [0.05, 0.1) is 0 Å². The van der Waals surface area contributed by atoms with E-state index in [1.54, 1.807) is 50.8 Å². The third-order valence-corrected chi connectivity index (χ3v) is 5.91. The Morgan fingerprint density at radius 2 is 1.75 bits per heavy atom. The molecular weight excluding hydrogens is 458 g/mol. The Morgan fingerprint density at radius 3 is 2.25 bits per heavy atom. The number of phenolic OH excluding ortho intramolecular Hbond substituents is 1. The van der Waals surface area contributed by atoms with Gasteiger partial charge in [-0.15, -0.1) is 0 Å². The molecule has 0 spiro atoms. The van der Waals surface area contributed by atoms with E-state index in [2.05, 4.69) is 10.6 Å². The number of nitrogens with one attached hydrogen (secondary N) is 2. The summed E-state index contributed by atoms with van der Waals surface area (Å²) in [5, 5.41) is 15.8. The summed E-state index contributed by atoms with van der Waals surface area (Å²) in [7, 11) is 0. The number of hydrogen-bond donors (Lipinski definition) is 3. The van der Waals surface area contributed by atoms with Crippen molar-refractivity contribution in [2.45, 2.75) is 112 Å². The van der Waals surface area contributed by atoms with Crippen LogP contribution in [0.25, 0.3) is 0 Å². The molecule has 8 nitrogen and oxygen atoms in total. The quantitative estimate of drug-likeness (QED) is 0.337. The van der Waals surface area contributed by atoms with E-state index >= 15 is 0 Å². The van der Waals surface area contributed by atoms with Crippen molar-refractivity contribution in [3.05, 3.63) is 29.3 Å². The van der Waals surface area contributed by atoms with Gasteiger partial charge in [-0.05, 0) is 83.1 Å². The number of rotatable bonds is 12. The molecule has 0 aliphatic rings. The molecular formula is C28H47N3O5. The molecule has 0 aliphatic carbocycles. The number of carbonyl (C=O) groups excluding carboxylic acids is 3. The largest absolute Gasteiger partial charge is 0.508 e. The van der Waals surface area contributed by atoms with Gasteiger partial charge in [0.1, 0.15) is 23.4 Å². The van der Waals surface area contributed by atoms with Crippen LogP contribution in [-0.4, -0.2) is 52.1 Å². The lowest BCUT2D eigenvalue weighted by Crippen LogP contribution is -2.55. The SMILES string of the molecule is CCCCNC(=O)C(c1ccc(O)c(C)c1)N(C(=O)C(CC(C)C)NC(=O)OC(C)(C)C)C(C)CC. The molecule has 0 saturated heterocycles. The van der Waals surface area contributed by atoms with Crippen molar-refractivity contribution in [3.8, 4) is 5.75 Å². The Balaban J connectivity index is 3.53. The number of amides is 3. The average Bonchev–Trinajstić information content (AvgIpc) is 2.76. The highest BCUT2D eigenvalue weighted by Gasteiger charge is 2.38. The van der Waals surface area contributed by atoms with E-state index in [0.717, 1.165) is 12.8 Å². The molecule has 3 N–H and O–H groups in total. The van der Waals surface area contributed by atoms with E-state index in [-0.39, 0.29) is 29.5 Å². The molecule has 1 aromatic rings. The summed E-state index contributed by atoms with van der Waals surface area (Å²) < 4.78 is 5.43. The van der Waals surface area contributed by atoms with Gasteiger partial charge in [-0.2, -0.15) is 0 Å². The standard InChI is InChI=1S/C28H47N3O5/c1-10-12-15-29-25(33)24(21-13-14-23(32)19(5)17-21)31(20(6)11-2)26(34)22(16-18(3)4)30-27(35)36-28(7,8)9/h13-14,17-18,20,22,24,32H,10-12,15-16H2,1-9H3,(H,29,33)(H,30,35). The van der Waals surface area contributed by atoms with E-state index < -0.39 is 23.8 Å². The van der Waals surface area contributed by atoms with E-state index in [1.165, 1.54) is 0 Å². The van der Waals surface area contributed by atoms with Gasteiger partial charge in [-0.25, -0.2) is 4.79 Å². The van der Waals surface area contributed by atoms with Gasteiger partial charge in [-0.3, -0.25) is 9.59 Å². The number of aromatic hydroxyl groups is 1. The second-order valence-electron chi connectivity index (χ2n) is 10.9. The fourth-order valence-corrected chi connectivity index (χ4v) is 3.89. The highest BCUT2D eigenvalue weighted by molar-refractivity contribution is 5.92. The third-order valence-electron chi connectivity index (χ3n) is 5.91. The zero-order valence-electron chi connectivity index (χ0n) is 23.6. The van der Waals surface area contributed by atoms with Crippen LogP contribution in [0.15, 0.2) is 18.2 Å². The molecule has 0 aliphatic heterocycles. The van der Waals surface area contributed by atoms with Crippen LogP contribution in [0.3, 0.4) is 0 Å². The molecule has 0 aromatic heterocycles. The Labute approximate surface area is 217 Å². The van der Waals surface area contributed by atoms with Crippen LogP contribution >= 0.6 is 0 Å². The second-order valence-corrected chi connectivity index (χ2v) is 10.9. The van der Waals surface area contributed by atoms with Crippen molar-refractivity contribution in [2.24, 2.45) is 5.92 Å². The molecule has 1 rings (SSSR count). The molecule has 0 fully saturated rings. The minimum atomic E-state index is -0.918. The lowest BCUT2D eigenvalue weighted by Gasteiger charge is -2.38. The highest BCUT2D eigenvalue weighted by Crippen LogP contribution is 2.30. The zero-order chi connectivity index (χ0) is 27.6. The predicted molar refractivity (Wildman–Crippen MR) is 143 cm³/mol. The fourth-order valence-electron chi connectivity index (χ4n) is 3.89. The maximum absolute atomic E-state index is 14.1. The number of unbranched alkanes of at least 4 members (excludes halogenated alkanes) is 1. The van der Waals surface area contributed by atoms with E-state index in [1.807, 2.05) is 34.6 Å². The Hall–Kier alpha value is -2.77. The van der Waals surface area contributed by atoms with Crippen LogP contribution in [0, 0.1) is 12.8 Å². The summed E-state index contributed by atoms with van der Waals surface area (Å²) in [5.74, 6) is -0.400. The summed E-state index contributed by atoms with van der Waals surface area (Å²) in [5.41, 5.74) is 0.506. The molecule has 0 bridgehead atoms. The first-order chi connectivity index (χ1) is 16.7. The molecule has 3 atom stereocenters. The number of ether oxygens (including phenoxy) is 1. The second kappa shape index (κ2) is 14.1. The molecule has 0 radical (unpaired) electrons. The maximum atomic E-state index is 14.1. The number of hydrogen-bond acceptors (Lipinski definition) is 5. The van der Waals surface area contributed by atoms with Crippen molar-refractivity contribution in [1.82, 2.24) is 15.5 Å². The number of phenols is 1. The summed E-state index contributed by atoms with van der Waals surface area (Å²) in [6.45, 7) is 17.4. The van der Waals surface area contributed by atoms with Gasteiger partial charge in [0.2, 0.25) is 11.8 Å². The lowest BCUT2D eigenvalue weighted by molar-refractivity contribution is -0.145. The molecule has 8 heteroatoms. The normalized spacial score (nSPS) is 14.1. The molecule has 0 saturated carbocycles. The van der Waals surface area contributed by atoms with Crippen molar-refractivity contribution < 1.29 is 24.2 Å². The van der Waals surface area contributed by atoms with Gasteiger partial charge in [0, 0.05) is 12.6 Å². The first-order valence-electron chi connectivity index (χ1n) is 13.1. The Kier molecular flexibility index (Phi) is 12.2. The Morgan fingerprint density at radius 1 is 1.11 bits per heavy atom. The molecule has 36 heavy (non-hydrogen) atoms. The number of nitrogens with zero attached hydrogens (tertiary/aromatic N) is 1. The van der Waals surface area contributed by atoms with E-state index in [4.69, 9.17) is 4.74 Å². The third kappa shape index (κ3) is 9.70. The first-order valence-corrected chi connectivity index (χ1v) is 13.1. The molecule has 3 unspecified atom stereocenters. The zero-order valence-corrected chi connectivity index (χ0v) is 23.6. The van der Waals surface area contributed by atoms with Crippen LogP contribution in [0.4, 0.5) is 4.79 Å². The van der Waals surface area contributed by atoms with Gasteiger partial charge in [0.15, 0.2) is 0 Å². The summed E-state index contributed by atoms with van der Waals surface area (Å²) in [6, 6.07) is 2.88. The summed E-state index contributed by atoms with van der Waals surface area (Å²) >= 11 is 0. The smallest absolute Gasteiger partial charge is 0.408 e. The molecule has 1 aromatic carbocycles. The van der Waals surface area contributed by atoms with Gasteiger partial charge >= 0.3 is 6.09 Å². The van der Waals surface area contributed by atoms with Crippen molar-refractivity contribution in [3.63, 3.8) is 0 Å². The van der Waals surface area contributed by atoms with Crippen molar-refractivity contribution >= 4 is 17.9 Å². The minimum Gasteiger partial charge on any atom is -0.508 e. The van der Waals surface area contributed by atoms with Crippen molar-refractivity contribution in [2.75, 3.05) is 6.54 Å². The van der Waals surface area contributed by atoms with E-state index in [9.17, 15) is 19.5 Å². The lowest BCUT2D eigenvalue weighted by atomic mass is 9.96. The van der Waals surface area contributed by atoms with Crippen LogP contribution in [0.5, 0.6) is 5.75 Å². The minimum absolute atomic E-state index is 0.111. The maximum Gasteiger partial charge on any atom is 0.408 e. The first kappa shape index (κ1) is 31.3. The number of carbonyl (C=O) groups is 3. The van der Waals surface area contributed by atoms with Crippen LogP contribution in [-0.2, 0) is 14.3 Å². The molecule has 204 valence electrons. The van der Waals surface area contributed by atoms with Gasteiger partial charge in [0.25, 0.3) is 0 Å². The number of benzene rings is 1. The summed E-state index contributed by atoms with van der Waals surface area (Å²) in [4.78, 5) is 41.9. The highest BCUT2D eigenvalue weighted by atomic mass is 16.6. The van der Waals surface area contributed by atoms with Gasteiger partial charge < -0.3 is 25.4 Å². The monoisotopic (exact) mass is 505 g/mol. The van der Waals surface area contributed by atoms with Crippen LogP contribution in [0.1, 0.15) is 98.2 Å². The average molecular weight is 506 g/mol. The predicted octanol–water partition coefficient (Wildman–Crippen LogP) is 5.22. The van der Waals surface area contributed by atoms with Crippen LogP contribution in [0.2, 0.25) is 0 Å². The molecule has 3 amide bonds. The number of aryl methyl sites for hydroxylation is 1. The van der Waals surface area contributed by atoms with Crippen molar-refractivity contribution in [1.29, 1.82) is 0 Å².